The van der Waals surface area contributed by atoms with Crippen LogP contribution in [0.15, 0.2) is 34.8 Å². The lowest BCUT2D eigenvalue weighted by Gasteiger charge is -2.10. The average Bonchev–Trinajstić information content (AvgIpc) is 2.93. The summed E-state index contributed by atoms with van der Waals surface area (Å²) in [6.07, 6.45) is 0.339. The third-order valence-corrected chi connectivity index (χ3v) is 3.07. The molecule has 1 aromatic carbocycles. The fourth-order valence-electron chi connectivity index (χ4n) is 1.97. The van der Waals surface area contributed by atoms with Gasteiger partial charge < -0.3 is 10.4 Å². The normalized spacial score (nSPS) is 15.6. The summed E-state index contributed by atoms with van der Waals surface area (Å²) in [5, 5.41) is 13.4. The highest BCUT2D eigenvalue weighted by Gasteiger charge is 2.22. The van der Waals surface area contributed by atoms with E-state index in [0.717, 1.165) is 5.56 Å². The van der Waals surface area contributed by atoms with E-state index in [1.165, 1.54) is 0 Å². The Morgan fingerprint density at radius 2 is 2.05 bits per heavy atom. The molecule has 0 saturated heterocycles. The number of aliphatic imine (C=N–C) groups is 1. The highest BCUT2D eigenvalue weighted by atomic mass is 16.3. The van der Waals surface area contributed by atoms with E-state index in [9.17, 15) is 9.90 Å². The summed E-state index contributed by atoms with van der Waals surface area (Å²) < 4.78 is 0. The molecule has 1 aliphatic rings. The molecular weight excluding hydrogens is 240 g/mol. The van der Waals surface area contributed by atoms with Crippen molar-refractivity contribution >= 4 is 17.4 Å². The topological polar surface area (TPSA) is 61.7 Å². The number of aliphatic hydroxyl groups excluding tert-OH is 1. The number of benzene rings is 1. The Kier molecular flexibility index (Phi) is 4.00. The molecule has 0 atom stereocenters. The van der Waals surface area contributed by atoms with Crippen molar-refractivity contribution in [1.29, 1.82) is 0 Å². The quantitative estimate of drug-likeness (QED) is 0.643. The maximum atomic E-state index is 12.0. The summed E-state index contributed by atoms with van der Waals surface area (Å²) in [4.78, 5) is 16.3. The number of carbonyl (C=O) groups excluding carboxylic acids is 1. The molecular formula is C15H18N2O2. The Bertz CT molecular complexity index is 542. The zero-order chi connectivity index (χ0) is 13.8. The van der Waals surface area contributed by atoms with Gasteiger partial charge in [0.2, 0.25) is 0 Å². The smallest absolute Gasteiger partial charge is 0.170 e. The van der Waals surface area contributed by atoms with Crippen molar-refractivity contribution in [2.75, 3.05) is 13.1 Å². The number of carbonyl (C=O) groups is 1. The number of nitrogens with zero attached hydrogens (tertiary/aromatic N) is 1. The Balaban J connectivity index is 2.47. The van der Waals surface area contributed by atoms with Crippen molar-refractivity contribution in [2.45, 2.75) is 20.3 Å². The standard InChI is InChI=1S/C15H18N2O2/c1-3-12(18)13(15-16-8-9-17-15)14(19)11-6-4-10(2)5-7-11/h4-7,19H,3,8-9H2,1-2H3,(H,16,17)/b14-13-. The second-order valence-electron chi connectivity index (χ2n) is 4.52. The third-order valence-electron chi connectivity index (χ3n) is 3.07. The van der Waals surface area contributed by atoms with Crippen LogP contribution in [0.3, 0.4) is 0 Å². The van der Waals surface area contributed by atoms with E-state index >= 15 is 0 Å². The van der Waals surface area contributed by atoms with Gasteiger partial charge in [0, 0.05) is 18.5 Å². The van der Waals surface area contributed by atoms with Crippen LogP contribution >= 0.6 is 0 Å². The van der Waals surface area contributed by atoms with Crippen LogP contribution in [0.4, 0.5) is 0 Å². The molecule has 100 valence electrons. The summed E-state index contributed by atoms with van der Waals surface area (Å²) in [5.74, 6) is 0.399. The second-order valence-corrected chi connectivity index (χ2v) is 4.52. The summed E-state index contributed by atoms with van der Waals surface area (Å²) >= 11 is 0. The van der Waals surface area contributed by atoms with E-state index in [1.807, 2.05) is 31.2 Å². The molecule has 0 aromatic heterocycles. The summed E-state index contributed by atoms with van der Waals surface area (Å²) in [6, 6.07) is 7.43. The monoisotopic (exact) mass is 258 g/mol. The van der Waals surface area contributed by atoms with Crippen LogP contribution < -0.4 is 5.32 Å². The van der Waals surface area contributed by atoms with Crippen molar-refractivity contribution < 1.29 is 9.90 Å². The SMILES string of the molecule is CCC(=O)/C(C1=NCCN1)=C(/O)c1ccc(C)cc1. The number of amidine groups is 1. The first-order valence-corrected chi connectivity index (χ1v) is 6.45. The van der Waals surface area contributed by atoms with Gasteiger partial charge in [-0.05, 0) is 6.92 Å². The summed E-state index contributed by atoms with van der Waals surface area (Å²) in [7, 11) is 0. The molecule has 0 saturated carbocycles. The maximum absolute atomic E-state index is 12.0. The van der Waals surface area contributed by atoms with Gasteiger partial charge in [0.15, 0.2) is 5.78 Å². The minimum absolute atomic E-state index is 0.000000000000000444. The van der Waals surface area contributed by atoms with Crippen molar-refractivity contribution in [3.05, 3.63) is 41.0 Å². The molecule has 1 aliphatic heterocycles. The van der Waals surface area contributed by atoms with Crippen molar-refractivity contribution in [3.63, 3.8) is 0 Å². The molecule has 2 N–H and O–H groups in total. The van der Waals surface area contributed by atoms with Gasteiger partial charge in [0.25, 0.3) is 0 Å². The van der Waals surface area contributed by atoms with Gasteiger partial charge >= 0.3 is 0 Å². The van der Waals surface area contributed by atoms with Crippen LogP contribution in [0.1, 0.15) is 24.5 Å². The highest BCUT2D eigenvalue weighted by molar-refractivity contribution is 6.25. The van der Waals surface area contributed by atoms with Gasteiger partial charge in [-0.15, -0.1) is 0 Å². The first-order chi connectivity index (χ1) is 9.13. The molecule has 1 aromatic rings. The van der Waals surface area contributed by atoms with Crippen molar-refractivity contribution in [2.24, 2.45) is 4.99 Å². The Morgan fingerprint density at radius 1 is 1.37 bits per heavy atom. The largest absolute Gasteiger partial charge is 0.506 e. The summed E-state index contributed by atoms with van der Waals surface area (Å²) in [6.45, 7) is 5.10. The van der Waals surface area contributed by atoms with Crippen LogP contribution in [0.5, 0.6) is 0 Å². The molecule has 0 amide bonds. The molecule has 2 rings (SSSR count). The molecule has 0 fully saturated rings. The van der Waals surface area contributed by atoms with Crippen LogP contribution in [0.25, 0.3) is 5.76 Å². The minimum atomic E-state index is -0.105. The number of aliphatic hydroxyl groups is 1. The van der Waals surface area contributed by atoms with E-state index in [4.69, 9.17) is 0 Å². The Labute approximate surface area is 112 Å². The Hall–Kier alpha value is -2.10. The lowest BCUT2D eigenvalue weighted by molar-refractivity contribution is -0.114. The minimum Gasteiger partial charge on any atom is -0.506 e. The van der Waals surface area contributed by atoms with E-state index < -0.39 is 0 Å². The first kappa shape index (κ1) is 13.3. The van der Waals surface area contributed by atoms with Crippen LogP contribution in [-0.4, -0.2) is 29.8 Å². The van der Waals surface area contributed by atoms with E-state index in [0.29, 0.717) is 36.5 Å². The fourth-order valence-corrected chi connectivity index (χ4v) is 1.97. The maximum Gasteiger partial charge on any atom is 0.170 e. The van der Waals surface area contributed by atoms with Crippen LogP contribution in [0.2, 0.25) is 0 Å². The van der Waals surface area contributed by atoms with Gasteiger partial charge in [0.05, 0.1) is 6.54 Å². The van der Waals surface area contributed by atoms with Gasteiger partial charge in [-0.25, -0.2) is 0 Å². The molecule has 4 heteroatoms. The van der Waals surface area contributed by atoms with Crippen LogP contribution in [0, 0.1) is 6.92 Å². The van der Waals surface area contributed by atoms with Gasteiger partial charge in [-0.2, -0.15) is 0 Å². The number of hydrogen-bond donors (Lipinski definition) is 2. The number of nitrogens with one attached hydrogen (secondary N) is 1. The van der Waals surface area contributed by atoms with Crippen molar-refractivity contribution in [3.8, 4) is 0 Å². The zero-order valence-electron chi connectivity index (χ0n) is 11.2. The van der Waals surface area contributed by atoms with E-state index in [-0.39, 0.29) is 11.5 Å². The lowest BCUT2D eigenvalue weighted by Crippen LogP contribution is -2.25. The van der Waals surface area contributed by atoms with Crippen LogP contribution in [-0.2, 0) is 4.79 Å². The lowest BCUT2D eigenvalue weighted by atomic mass is 10.0. The van der Waals surface area contributed by atoms with Gasteiger partial charge in [-0.3, -0.25) is 9.79 Å². The predicted octanol–water partition coefficient (Wildman–Crippen LogP) is 2.24. The van der Waals surface area contributed by atoms with E-state index in [1.54, 1.807) is 6.92 Å². The predicted molar refractivity (Wildman–Crippen MR) is 76.3 cm³/mol. The number of Topliss-reactive ketones (excluding diaryl/α,β-unsaturated/α-hetero) is 1. The summed E-state index contributed by atoms with van der Waals surface area (Å²) in [5.41, 5.74) is 2.04. The number of aryl methyl sites for hydroxylation is 1. The number of rotatable bonds is 4. The molecule has 0 spiro atoms. The first-order valence-electron chi connectivity index (χ1n) is 6.45. The molecule has 19 heavy (non-hydrogen) atoms. The molecule has 4 nitrogen and oxygen atoms in total. The van der Waals surface area contributed by atoms with Gasteiger partial charge in [-0.1, -0.05) is 36.8 Å². The van der Waals surface area contributed by atoms with Crippen molar-refractivity contribution in [1.82, 2.24) is 5.32 Å². The molecule has 0 aliphatic carbocycles. The van der Waals surface area contributed by atoms with Gasteiger partial charge in [0.1, 0.15) is 17.2 Å². The zero-order valence-corrected chi connectivity index (χ0v) is 11.2. The third kappa shape index (κ3) is 2.84. The number of hydrogen-bond acceptors (Lipinski definition) is 4. The fraction of sp³-hybridized carbons (Fsp3) is 0.333. The number of ketones is 1. The average molecular weight is 258 g/mol. The molecule has 1 heterocycles. The Morgan fingerprint density at radius 3 is 2.58 bits per heavy atom. The molecule has 0 unspecified atom stereocenters. The molecule has 0 bridgehead atoms. The van der Waals surface area contributed by atoms with E-state index in [2.05, 4.69) is 10.3 Å². The molecule has 0 radical (unpaired) electrons. The second kappa shape index (κ2) is 5.69. The highest BCUT2D eigenvalue weighted by Crippen LogP contribution is 2.20.